The minimum absolute atomic E-state index is 0.0367. The molecule has 0 aliphatic carbocycles. The minimum Gasteiger partial charge on any atom is -0.444 e. The molecule has 0 saturated heterocycles. The maximum absolute atomic E-state index is 11.8. The second-order valence-corrected chi connectivity index (χ2v) is 4.28. The van der Waals surface area contributed by atoms with Crippen LogP contribution < -0.4 is 0 Å². The van der Waals surface area contributed by atoms with E-state index in [0.29, 0.717) is 6.42 Å². The van der Waals surface area contributed by atoms with Crippen LogP contribution >= 0.6 is 0 Å². The molecule has 1 aromatic rings. The molecule has 1 aromatic carbocycles. The van der Waals surface area contributed by atoms with E-state index in [-0.39, 0.29) is 18.4 Å². The molecule has 0 fully saturated rings. The van der Waals surface area contributed by atoms with Crippen molar-refractivity contribution in [3.05, 3.63) is 48.2 Å². The van der Waals surface area contributed by atoms with Gasteiger partial charge in [-0.1, -0.05) is 30.3 Å². The van der Waals surface area contributed by atoms with Crippen molar-refractivity contribution in [1.29, 1.82) is 0 Å². The summed E-state index contributed by atoms with van der Waals surface area (Å²) in [6.45, 7) is 2.07. The SMILES string of the molecule is C[C@H]1CC(=O)C=CN1C(=O)OCc1ccccc1. The Bertz CT molecular complexity index is 467. The van der Waals surface area contributed by atoms with Gasteiger partial charge in [-0.2, -0.15) is 0 Å². The summed E-state index contributed by atoms with van der Waals surface area (Å²) in [5.74, 6) is 0.0367. The van der Waals surface area contributed by atoms with E-state index in [1.54, 1.807) is 0 Å². The molecule has 0 saturated carbocycles. The molecule has 1 aliphatic heterocycles. The fourth-order valence-electron chi connectivity index (χ4n) is 1.80. The second-order valence-electron chi connectivity index (χ2n) is 4.28. The third kappa shape index (κ3) is 2.97. The van der Waals surface area contributed by atoms with Crippen molar-refractivity contribution < 1.29 is 14.3 Å². The molecule has 1 atom stereocenters. The zero-order valence-electron chi connectivity index (χ0n) is 10.2. The summed E-state index contributed by atoms with van der Waals surface area (Å²) in [7, 11) is 0. The quantitative estimate of drug-likeness (QED) is 0.804. The molecule has 2 rings (SSSR count). The summed E-state index contributed by atoms with van der Waals surface area (Å²) >= 11 is 0. The van der Waals surface area contributed by atoms with Crippen molar-refractivity contribution in [2.75, 3.05) is 0 Å². The van der Waals surface area contributed by atoms with Gasteiger partial charge in [-0.3, -0.25) is 9.69 Å². The second kappa shape index (κ2) is 5.49. The van der Waals surface area contributed by atoms with Gasteiger partial charge in [0.15, 0.2) is 5.78 Å². The molecule has 4 nitrogen and oxygen atoms in total. The Labute approximate surface area is 106 Å². The number of nitrogens with zero attached hydrogens (tertiary/aromatic N) is 1. The third-order valence-electron chi connectivity index (χ3n) is 2.81. The summed E-state index contributed by atoms with van der Waals surface area (Å²) in [6.07, 6.45) is 2.82. The topological polar surface area (TPSA) is 46.6 Å². The van der Waals surface area contributed by atoms with Crippen LogP contribution in [0.1, 0.15) is 18.9 Å². The van der Waals surface area contributed by atoms with Gasteiger partial charge in [0.1, 0.15) is 6.61 Å². The molecule has 94 valence electrons. The zero-order valence-corrected chi connectivity index (χ0v) is 10.2. The highest BCUT2D eigenvalue weighted by atomic mass is 16.6. The van der Waals surface area contributed by atoms with Gasteiger partial charge in [-0.15, -0.1) is 0 Å². The number of allylic oxidation sites excluding steroid dienone is 1. The molecule has 0 aromatic heterocycles. The van der Waals surface area contributed by atoms with Gasteiger partial charge in [-0.25, -0.2) is 4.79 Å². The summed E-state index contributed by atoms with van der Waals surface area (Å²) in [5.41, 5.74) is 0.940. The maximum atomic E-state index is 11.8. The number of ether oxygens (including phenoxy) is 1. The number of carbonyl (C=O) groups is 2. The number of amides is 1. The Hall–Kier alpha value is -2.10. The standard InChI is InChI=1S/C14H15NO3/c1-11-9-13(16)7-8-15(11)14(17)18-10-12-5-3-2-4-6-12/h2-8,11H,9-10H2,1H3/t11-/m0/s1. The van der Waals surface area contributed by atoms with E-state index in [1.165, 1.54) is 17.2 Å². The molecule has 1 amide bonds. The van der Waals surface area contributed by atoms with Crippen LogP contribution in [0.2, 0.25) is 0 Å². The predicted octanol–water partition coefficient (Wildman–Crippen LogP) is 2.50. The Morgan fingerprint density at radius 2 is 2.11 bits per heavy atom. The number of carbonyl (C=O) groups excluding carboxylic acids is 2. The average Bonchev–Trinajstić information content (AvgIpc) is 2.37. The van der Waals surface area contributed by atoms with Gasteiger partial charge in [-0.05, 0) is 18.6 Å². The number of rotatable bonds is 2. The lowest BCUT2D eigenvalue weighted by Gasteiger charge is -2.27. The summed E-state index contributed by atoms with van der Waals surface area (Å²) < 4.78 is 5.20. The van der Waals surface area contributed by atoms with Crippen LogP contribution in [0.5, 0.6) is 0 Å². The molecule has 0 spiro atoms. The molecule has 0 unspecified atom stereocenters. The smallest absolute Gasteiger partial charge is 0.414 e. The molecule has 0 radical (unpaired) electrons. The molecule has 4 heteroatoms. The number of hydrogen-bond donors (Lipinski definition) is 0. The Morgan fingerprint density at radius 3 is 2.78 bits per heavy atom. The zero-order chi connectivity index (χ0) is 13.0. The Kier molecular flexibility index (Phi) is 3.77. The van der Waals surface area contributed by atoms with E-state index in [4.69, 9.17) is 4.74 Å². The monoisotopic (exact) mass is 245 g/mol. The normalized spacial score (nSPS) is 18.8. The third-order valence-corrected chi connectivity index (χ3v) is 2.81. The summed E-state index contributed by atoms with van der Waals surface area (Å²) in [5, 5.41) is 0. The Morgan fingerprint density at radius 1 is 1.39 bits per heavy atom. The van der Waals surface area contributed by atoms with Gasteiger partial charge in [0.25, 0.3) is 0 Å². The molecule has 1 aliphatic rings. The van der Waals surface area contributed by atoms with Crippen molar-refractivity contribution >= 4 is 11.9 Å². The molecule has 0 N–H and O–H groups in total. The van der Waals surface area contributed by atoms with Crippen LogP contribution in [0.25, 0.3) is 0 Å². The highest BCUT2D eigenvalue weighted by molar-refractivity contribution is 5.92. The van der Waals surface area contributed by atoms with Crippen LogP contribution in [0.15, 0.2) is 42.6 Å². The van der Waals surface area contributed by atoms with Crippen LogP contribution in [-0.4, -0.2) is 22.8 Å². The lowest BCUT2D eigenvalue weighted by atomic mass is 10.1. The van der Waals surface area contributed by atoms with E-state index in [1.807, 2.05) is 37.3 Å². The minimum atomic E-state index is -0.421. The van der Waals surface area contributed by atoms with E-state index in [2.05, 4.69) is 0 Å². The lowest BCUT2D eigenvalue weighted by molar-refractivity contribution is -0.116. The van der Waals surface area contributed by atoms with Crippen molar-refractivity contribution in [2.24, 2.45) is 0 Å². The fourth-order valence-corrected chi connectivity index (χ4v) is 1.80. The summed E-state index contributed by atoms with van der Waals surface area (Å²) in [6, 6.07) is 9.34. The van der Waals surface area contributed by atoms with E-state index in [0.717, 1.165) is 5.56 Å². The number of benzene rings is 1. The van der Waals surface area contributed by atoms with Gasteiger partial charge in [0.05, 0.1) is 0 Å². The first-order valence-electron chi connectivity index (χ1n) is 5.87. The van der Waals surface area contributed by atoms with Crippen LogP contribution in [0.4, 0.5) is 4.79 Å². The molecular weight excluding hydrogens is 230 g/mol. The highest BCUT2D eigenvalue weighted by Gasteiger charge is 2.24. The van der Waals surface area contributed by atoms with Gasteiger partial charge in [0.2, 0.25) is 0 Å². The van der Waals surface area contributed by atoms with Gasteiger partial charge in [0, 0.05) is 18.7 Å². The molecule has 0 bridgehead atoms. The lowest BCUT2D eigenvalue weighted by Crippen LogP contribution is -2.38. The largest absolute Gasteiger partial charge is 0.444 e. The van der Waals surface area contributed by atoms with E-state index >= 15 is 0 Å². The Balaban J connectivity index is 1.92. The van der Waals surface area contributed by atoms with E-state index in [9.17, 15) is 9.59 Å². The van der Waals surface area contributed by atoms with Crippen molar-refractivity contribution in [2.45, 2.75) is 26.0 Å². The van der Waals surface area contributed by atoms with Crippen molar-refractivity contribution in [3.63, 3.8) is 0 Å². The fraction of sp³-hybridized carbons (Fsp3) is 0.286. The first-order valence-corrected chi connectivity index (χ1v) is 5.87. The predicted molar refractivity (Wildman–Crippen MR) is 66.7 cm³/mol. The van der Waals surface area contributed by atoms with Crippen molar-refractivity contribution in [1.82, 2.24) is 4.90 Å². The maximum Gasteiger partial charge on any atom is 0.414 e. The van der Waals surface area contributed by atoms with Gasteiger partial charge >= 0.3 is 6.09 Å². The average molecular weight is 245 g/mol. The molecular formula is C14H15NO3. The van der Waals surface area contributed by atoms with Crippen LogP contribution in [-0.2, 0) is 16.1 Å². The van der Waals surface area contributed by atoms with Gasteiger partial charge < -0.3 is 4.74 Å². The molecule has 1 heterocycles. The number of hydrogen-bond acceptors (Lipinski definition) is 3. The van der Waals surface area contributed by atoms with Crippen LogP contribution in [0, 0.1) is 0 Å². The number of ketones is 1. The molecule has 18 heavy (non-hydrogen) atoms. The highest BCUT2D eigenvalue weighted by Crippen LogP contribution is 2.14. The summed E-state index contributed by atoms with van der Waals surface area (Å²) in [4.78, 5) is 24.4. The van der Waals surface area contributed by atoms with Crippen molar-refractivity contribution in [3.8, 4) is 0 Å². The first-order chi connectivity index (χ1) is 8.66. The first kappa shape index (κ1) is 12.4. The van der Waals surface area contributed by atoms with Crippen LogP contribution in [0.3, 0.4) is 0 Å². The van der Waals surface area contributed by atoms with E-state index < -0.39 is 6.09 Å².